The summed E-state index contributed by atoms with van der Waals surface area (Å²) in [5.41, 5.74) is 0. The zero-order valence-corrected chi connectivity index (χ0v) is 44.3. The van der Waals surface area contributed by atoms with E-state index in [4.69, 9.17) is 14.2 Å². The molecule has 1 unspecified atom stereocenters. The highest BCUT2D eigenvalue weighted by atomic mass is 16.6. The minimum absolute atomic E-state index is 0.0460. The van der Waals surface area contributed by atoms with Crippen molar-refractivity contribution in [3.8, 4) is 0 Å². The molecule has 0 rings (SSSR count). The molecule has 0 aromatic rings. The second-order valence-electron chi connectivity index (χ2n) is 18.1. The molecule has 5 heteroatoms. The average molecular weight is 942 g/mol. The van der Waals surface area contributed by atoms with Crippen LogP contribution in [0.4, 0.5) is 0 Å². The SMILES string of the molecule is CC/C=C\C/C=C\C/C=C\C/C=C\C/C=C\C/C=C\CCCOCC(COC(=O)CCCCCCCCC/C=C\CCCCCCCC)OC(=O)CCCCCCC/C=C\C/C=C\C/C=C\CC. The molecule has 0 aliphatic heterocycles. The third-order valence-corrected chi connectivity index (χ3v) is 11.5. The van der Waals surface area contributed by atoms with Crippen molar-refractivity contribution >= 4 is 11.9 Å². The molecule has 0 aliphatic rings. The Balaban J connectivity index is 4.43. The van der Waals surface area contributed by atoms with Crippen LogP contribution in [-0.2, 0) is 23.8 Å². The molecule has 0 radical (unpaired) electrons. The fourth-order valence-electron chi connectivity index (χ4n) is 7.36. The molecule has 68 heavy (non-hydrogen) atoms. The number of esters is 2. The maximum Gasteiger partial charge on any atom is 0.306 e. The van der Waals surface area contributed by atoms with Crippen LogP contribution in [0.3, 0.4) is 0 Å². The van der Waals surface area contributed by atoms with Crippen molar-refractivity contribution in [2.45, 2.75) is 245 Å². The van der Waals surface area contributed by atoms with Gasteiger partial charge in [0, 0.05) is 19.4 Å². The minimum Gasteiger partial charge on any atom is -0.462 e. The smallest absolute Gasteiger partial charge is 0.306 e. The highest BCUT2D eigenvalue weighted by molar-refractivity contribution is 5.70. The minimum atomic E-state index is -0.586. The average Bonchev–Trinajstić information content (AvgIpc) is 3.34. The molecule has 0 heterocycles. The van der Waals surface area contributed by atoms with Gasteiger partial charge < -0.3 is 14.2 Å². The highest BCUT2D eigenvalue weighted by Gasteiger charge is 2.17. The Morgan fingerprint density at radius 3 is 1.07 bits per heavy atom. The Labute approximate surface area is 420 Å². The van der Waals surface area contributed by atoms with Gasteiger partial charge >= 0.3 is 11.9 Å². The number of ether oxygens (including phenoxy) is 3. The van der Waals surface area contributed by atoms with Gasteiger partial charge in [-0.2, -0.15) is 0 Å². The molecular formula is C63H104O5. The number of carbonyl (C=O) groups is 2. The van der Waals surface area contributed by atoms with Crippen LogP contribution in [0.1, 0.15) is 239 Å². The van der Waals surface area contributed by atoms with E-state index in [9.17, 15) is 9.59 Å². The van der Waals surface area contributed by atoms with Crippen molar-refractivity contribution in [2.75, 3.05) is 19.8 Å². The Hall–Kier alpha value is -3.70. The molecule has 0 saturated carbocycles. The lowest BCUT2D eigenvalue weighted by Gasteiger charge is -2.18. The third-order valence-electron chi connectivity index (χ3n) is 11.5. The zero-order chi connectivity index (χ0) is 49.2. The second kappa shape index (κ2) is 57.6. The van der Waals surface area contributed by atoms with Crippen LogP contribution in [0.15, 0.2) is 122 Å². The predicted molar refractivity (Wildman–Crippen MR) is 297 cm³/mol. The van der Waals surface area contributed by atoms with E-state index in [1.807, 2.05) is 0 Å². The van der Waals surface area contributed by atoms with Gasteiger partial charge in [0.1, 0.15) is 6.61 Å². The number of unbranched alkanes of at least 4 members (excludes halogenated alkanes) is 19. The summed E-state index contributed by atoms with van der Waals surface area (Å²) in [5.74, 6) is -0.458. The first-order chi connectivity index (χ1) is 33.6. The van der Waals surface area contributed by atoms with E-state index in [1.54, 1.807) is 0 Å². The van der Waals surface area contributed by atoms with E-state index in [-0.39, 0.29) is 25.2 Å². The zero-order valence-electron chi connectivity index (χ0n) is 44.3. The molecule has 0 fully saturated rings. The van der Waals surface area contributed by atoms with Gasteiger partial charge in [-0.05, 0) is 122 Å². The topological polar surface area (TPSA) is 61.8 Å². The molecule has 0 bridgehead atoms. The van der Waals surface area contributed by atoms with E-state index in [2.05, 4.69) is 142 Å². The Bertz CT molecular complexity index is 1390. The number of allylic oxidation sites excluding steroid dienone is 20. The van der Waals surface area contributed by atoms with Gasteiger partial charge in [-0.25, -0.2) is 0 Å². The van der Waals surface area contributed by atoms with Crippen molar-refractivity contribution in [2.24, 2.45) is 0 Å². The van der Waals surface area contributed by atoms with Crippen molar-refractivity contribution < 1.29 is 23.8 Å². The van der Waals surface area contributed by atoms with Gasteiger partial charge in [0.05, 0.1) is 6.61 Å². The Morgan fingerprint density at radius 1 is 0.338 bits per heavy atom. The second-order valence-corrected chi connectivity index (χ2v) is 18.1. The number of hydrogen-bond acceptors (Lipinski definition) is 5. The molecular weight excluding hydrogens is 837 g/mol. The summed E-state index contributed by atoms with van der Waals surface area (Å²) >= 11 is 0. The first kappa shape index (κ1) is 64.3. The van der Waals surface area contributed by atoms with Gasteiger partial charge in [0.25, 0.3) is 0 Å². The van der Waals surface area contributed by atoms with Crippen LogP contribution in [0.25, 0.3) is 0 Å². The maximum atomic E-state index is 12.8. The predicted octanol–water partition coefficient (Wildman–Crippen LogP) is 19.3. The van der Waals surface area contributed by atoms with E-state index in [1.165, 1.54) is 89.9 Å². The quantitative estimate of drug-likeness (QED) is 0.0345. The first-order valence-electron chi connectivity index (χ1n) is 28.1. The van der Waals surface area contributed by atoms with Gasteiger partial charge in [0.15, 0.2) is 6.10 Å². The fourth-order valence-corrected chi connectivity index (χ4v) is 7.36. The fraction of sp³-hybridized carbons (Fsp3) is 0.651. The molecule has 0 spiro atoms. The molecule has 0 saturated heterocycles. The van der Waals surface area contributed by atoms with Crippen LogP contribution >= 0.6 is 0 Å². The lowest BCUT2D eigenvalue weighted by atomic mass is 10.1. The summed E-state index contributed by atoms with van der Waals surface area (Å²) in [6.07, 6.45) is 80.8. The molecule has 0 aromatic heterocycles. The Morgan fingerprint density at radius 2 is 0.662 bits per heavy atom. The molecule has 5 nitrogen and oxygen atoms in total. The number of rotatable bonds is 50. The third kappa shape index (κ3) is 54.9. The molecule has 0 N–H and O–H groups in total. The van der Waals surface area contributed by atoms with Crippen LogP contribution in [0.2, 0.25) is 0 Å². The summed E-state index contributed by atoms with van der Waals surface area (Å²) in [5, 5.41) is 0. The monoisotopic (exact) mass is 941 g/mol. The summed E-state index contributed by atoms with van der Waals surface area (Å²) in [7, 11) is 0. The van der Waals surface area contributed by atoms with Crippen molar-refractivity contribution in [3.63, 3.8) is 0 Å². The summed E-state index contributed by atoms with van der Waals surface area (Å²) in [6.45, 7) is 7.43. The van der Waals surface area contributed by atoms with Crippen LogP contribution in [0.5, 0.6) is 0 Å². The van der Waals surface area contributed by atoms with Crippen molar-refractivity contribution in [3.05, 3.63) is 122 Å². The van der Waals surface area contributed by atoms with E-state index < -0.39 is 6.10 Å². The Kier molecular flexibility index (Phi) is 54.5. The number of hydrogen-bond donors (Lipinski definition) is 0. The van der Waals surface area contributed by atoms with Crippen molar-refractivity contribution in [1.82, 2.24) is 0 Å². The van der Waals surface area contributed by atoms with Gasteiger partial charge in [0.2, 0.25) is 0 Å². The van der Waals surface area contributed by atoms with Crippen molar-refractivity contribution in [1.29, 1.82) is 0 Å². The molecule has 0 amide bonds. The molecule has 0 aliphatic carbocycles. The van der Waals surface area contributed by atoms with Crippen LogP contribution in [-0.4, -0.2) is 37.9 Å². The van der Waals surface area contributed by atoms with E-state index in [0.717, 1.165) is 116 Å². The highest BCUT2D eigenvalue weighted by Crippen LogP contribution is 2.13. The largest absolute Gasteiger partial charge is 0.462 e. The lowest BCUT2D eigenvalue weighted by molar-refractivity contribution is -0.163. The normalized spacial score (nSPS) is 13.2. The van der Waals surface area contributed by atoms with Crippen LogP contribution < -0.4 is 0 Å². The number of carbonyl (C=O) groups excluding carboxylic acids is 2. The summed E-state index contributed by atoms with van der Waals surface area (Å²) in [6, 6.07) is 0. The van der Waals surface area contributed by atoms with E-state index in [0.29, 0.717) is 19.4 Å². The maximum absolute atomic E-state index is 12.8. The molecule has 386 valence electrons. The van der Waals surface area contributed by atoms with Gasteiger partial charge in [-0.15, -0.1) is 0 Å². The van der Waals surface area contributed by atoms with Crippen LogP contribution in [0, 0.1) is 0 Å². The lowest BCUT2D eigenvalue weighted by Crippen LogP contribution is -2.30. The first-order valence-corrected chi connectivity index (χ1v) is 28.1. The van der Waals surface area contributed by atoms with Gasteiger partial charge in [-0.1, -0.05) is 226 Å². The standard InChI is InChI=1S/C63H104O5/c1-4-7-10-13-16-19-22-25-28-30-31-32-34-37-40-43-46-49-52-55-58-66-59-61(68-63(65)57-54-51-48-45-42-39-35-27-24-21-18-15-12-9-6-3)60-67-62(64)56-53-50-47-44-41-38-36-33-29-26-23-20-17-14-11-8-5-2/h7,9-10,12,16,18-19,21,25-29,31-32,35,37,40,46,49,61H,4-6,8,11,13-15,17,20,22-24,30,33-34,36,38-39,41-45,47-48,50-60H2,1-3H3/b10-7-,12-9-,19-16-,21-18-,28-25-,29-26-,32-31-,35-27-,40-37-,49-46-. The summed E-state index contributed by atoms with van der Waals surface area (Å²) < 4.78 is 17.4. The van der Waals surface area contributed by atoms with E-state index >= 15 is 0 Å². The van der Waals surface area contributed by atoms with Gasteiger partial charge in [-0.3, -0.25) is 9.59 Å². The molecule has 0 aromatic carbocycles. The molecule has 1 atom stereocenters. The summed E-state index contributed by atoms with van der Waals surface area (Å²) in [4.78, 5) is 25.5.